The van der Waals surface area contributed by atoms with E-state index in [4.69, 9.17) is 4.52 Å². The zero-order chi connectivity index (χ0) is 17.9. The molecule has 0 saturated heterocycles. The molecule has 0 bridgehead atoms. The van der Waals surface area contributed by atoms with Crippen molar-refractivity contribution in [2.75, 3.05) is 25.0 Å². The lowest BCUT2D eigenvalue weighted by molar-refractivity contribution is 0.423. The van der Waals surface area contributed by atoms with Gasteiger partial charge in [-0.2, -0.15) is 0 Å². The van der Waals surface area contributed by atoms with Crippen molar-refractivity contribution >= 4 is 5.95 Å². The zero-order valence-electron chi connectivity index (χ0n) is 14.7. The third-order valence-electron chi connectivity index (χ3n) is 4.56. The van der Waals surface area contributed by atoms with Gasteiger partial charge in [0.1, 0.15) is 5.69 Å². The van der Waals surface area contributed by atoms with Gasteiger partial charge in [0.25, 0.3) is 5.56 Å². The molecule has 2 aromatic heterocycles. The minimum absolute atomic E-state index is 0.0503. The fraction of sp³-hybridized carbons (Fsp3) is 0.316. The van der Waals surface area contributed by atoms with Crippen molar-refractivity contribution < 1.29 is 4.52 Å². The molecule has 3 aromatic rings. The Balaban J connectivity index is 1.55. The number of rotatable bonds is 4. The highest BCUT2D eigenvalue weighted by molar-refractivity contribution is 5.57. The minimum atomic E-state index is -0.0503. The number of nitrogens with one attached hydrogen (secondary N) is 2. The Morgan fingerprint density at radius 1 is 1.19 bits per heavy atom. The Morgan fingerprint density at radius 3 is 2.85 bits per heavy atom. The van der Waals surface area contributed by atoms with E-state index in [1.165, 1.54) is 0 Å². The van der Waals surface area contributed by atoms with Gasteiger partial charge in [0.2, 0.25) is 5.95 Å². The molecule has 0 spiro atoms. The molecule has 0 atom stereocenters. The molecule has 1 aliphatic heterocycles. The van der Waals surface area contributed by atoms with Crippen molar-refractivity contribution in [3.8, 4) is 11.3 Å². The van der Waals surface area contributed by atoms with Crippen molar-refractivity contribution in [2.45, 2.75) is 19.4 Å². The lowest BCUT2D eigenvalue weighted by Gasteiger charge is -2.17. The summed E-state index contributed by atoms with van der Waals surface area (Å²) < 4.78 is 5.44. The van der Waals surface area contributed by atoms with E-state index < -0.39 is 0 Å². The number of aromatic amines is 1. The van der Waals surface area contributed by atoms with Crippen LogP contribution in [0.15, 0.2) is 45.7 Å². The molecule has 2 N–H and O–H groups in total. The third kappa shape index (κ3) is 3.39. The van der Waals surface area contributed by atoms with Gasteiger partial charge in [-0.05, 0) is 13.0 Å². The lowest BCUT2D eigenvalue weighted by atomic mass is 10.1. The summed E-state index contributed by atoms with van der Waals surface area (Å²) in [5, 5.41) is 7.44. The molecule has 0 aliphatic carbocycles. The molecule has 1 aliphatic rings. The zero-order valence-corrected chi connectivity index (χ0v) is 14.7. The van der Waals surface area contributed by atoms with Crippen LogP contribution in [0, 0.1) is 0 Å². The summed E-state index contributed by atoms with van der Waals surface area (Å²) in [7, 11) is 1.89. The maximum absolute atomic E-state index is 12.4. The first-order chi connectivity index (χ1) is 12.7. The first-order valence-electron chi connectivity index (χ1n) is 8.75. The second kappa shape index (κ2) is 7.13. The van der Waals surface area contributed by atoms with Gasteiger partial charge in [-0.1, -0.05) is 35.5 Å². The maximum atomic E-state index is 12.4. The van der Waals surface area contributed by atoms with Gasteiger partial charge in [-0.3, -0.25) is 9.78 Å². The number of nitrogens with zero attached hydrogens (tertiary/aromatic N) is 3. The van der Waals surface area contributed by atoms with Crippen molar-refractivity contribution in [3.05, 3.63) is 63.7 Å². The van der Waals surface area contributed by atoms with Gasteiger partial charge in [0, 0.05) is 37.2 Å². The van der Waals surface area contributed by atoms with Crippen LogP contribution in [0.4, 0.5) is 5.95 Å². The molecule has 3 heterocycles. The SMILES string of the molecule is CN(Cc1cc(-c2ccccc2)on1)c1nc2c(c(=O)[nH]1)CCNCC2. The summed E-state index contributed by atoms with van der Waals surface area (Å²) in [5.74, 6) is 1.28. The normalized spacial score (nSPS) is 13.9. The van der Waals surface area contributed by atoms with Gasteiger partial charge >= 0.3 is 0 Å². The molecule has 0 saturated carbocycles. The van der Waals surface area contributed by atoms with Crippen molar-refractivity contribution in [2.24, 2.45) is 0 Å². The smallest absolute Gasteiger partial charge is 0.255 e. The van der Waals surface area contributed by atoms with Gasteiger partial charge in [-0.15, -0.1) is 0 Å². The molecular weight excluding hydrogens is 330 g/mol. The summed E-state index contributed by atoms with van der Waals surface area (Å²) in [6.07, 6.45) is 1.48. The average Bonchev–Trinajstić information content (AvgIpc) is 2.98. The summed E-state index contributed by atoms with van der Waals surface area (Å²) in [6.45, 7) is 2.15. The second-order valence-corrected chi connectivity index (χ2v) is 6.47. The van der Waals surface area contributed by atoms with Gasteiger partial charge in [-0.25, -0.2) is 4.98 Å². The van der Waals surface area contributed by atoms with E-state index in [2.05, 4.69) is 20.4 Å². The van der Waals surface area contributed by atoms with Crippen LogP contribution in [0.1, 0.15) is 17.0 Å². The summed E-state index contributed by atoms with van der Waals surface area (Å²) in [5.41, 5.74) is 3.39. The number of hydrogen-bond acceptors (Lipinski definition) is 6. The van der Waals surface area contributed by atoms with Crippen LogP contribution < -0.4 is 15.8 Å². The highest BCUT2D eigenvalue weighted by atomic mass is 16.5. The highest BCUT2D eigenvalue weighted by Crippen LogP contribution is 2.21. The van der Waals surface area contributed by atoms with Crippen molar-refractivity contribution in [1.82, 2.24) is 20.4 Å². The Bertz CT molecular complexity index is 948. The fourth-order valence-corrected chi connectivity index (χ4v) is 3.16. The molecule has 26 heavy (non-hydrogen) atoms. The molecule has 0 amide bonds. The van der Waals surface area contributed by atoms with E-state index in [0.717, 1.165) is 47.8 Å². The van der Waals surface area contributed by atoms with Crippen LogP contribution in [-0.2, 0) is 19.4 Å². The topological polar surface area (TPSA) is 87.1 Å². The molecule has 0 radical (unpaired) electrons. The van der Waals surface area contributed by atoms with E-state index in [1.54, 1.807) is 0 Å². The highest BCUT2D eigenvalue weighted by Gasteiger charge is 2.17. The van der Waals surface area contributed by atoms with E-state index in [-0.39, 0.29) is 5.56 Å². The van der Waals surface area contributed by atoms with Crippen LogP contribution in [0.3, 0.4) is 0 Å². The number of fused-ring (bicyclic) bond motifs is 1. The summed E-state index contributed by atoms with van der Waals surface area (Å²) in [4.78, 5) is 21.8. The predicted molar refractivity (Wildman–Crippen MR) is 99.2 cm³/mol. The Labute approximate surface area is 151 Å². The summed E-state index contributed by atoms with van der Waals surface area (Å²) in [6, 6.07) is 11.8. The van der Waals surface area contributed by atoms with Crippen LogP contribution in [-0.4, -0.2) is 35.3 Å². The van der Waals surface area contributed by atoms with Crippen LogP contribution in [0.5, 0.6) is 0 Å². The monoisotopic (exact) mass is 351 g/mol. The minimum Gasteiger partial charge on any atom is -0.356 e. The molecule has 4 rings (SSSR count). The Kier molecular flexibility index (Phi) is 4.53. The standard InChI is InChI=1S/C19H21N5O2/c1-24(12-14-11-17(26-23-14)13-5-3-2-4-6-13)19-21-16-8-10-20-9-7-15(16)18(25)22-19/h2-6,11,20H,7-10,12H2,1H3,(H,21,22,25). The van der Waals surface area contributed by atoms with E-state index >= 15 is 0 Å². The largest absolute Gasteiger partial charge is 0.356 e. The quantitative estimate of drug-likeness (QED) is 0.745. The second-order valence-electron chi connectivity index (χ2n) is 6.47. The molecule has 0 fully saturated rings. The van der Waals surface area contributed by atoms with Crippen LogP contribution >= 0.6 is 0 Å². The van der Waals surface area contributed by atoms with E-state index in [0.29, 0.717) is 18.9 Å². The number of hydrogen-bond donors (Lipinski definition) is 2. The first-order valence-corrected chi connectivity index (χ1v) is 8.75. The van der Waals surface area contributed by atoms with Crippen LogP contribution in [0.25, 0.3) is 11.3 Å². The molecule has 0 unspecified atom stereocenters. The Hall–Kier alpha value is -2.93. The lowest BCUT2D eigenvalue weighted by Crippen LogP contribution is -2.26. The number of benzene rings is 1. The van der Waals surface area contributed by atoms with Gasteiger partial charge < -0.3 is 14.7 Å². The molecule has 7 heteroatoms. The van der Waals surface area contributed by atoms with Crippen molar-refractivity contribution in [3.63, 3.8) is 0 Å². The third-order valence-corrected chi connectivity index (χ3v) is 4.56. The maximum Gasteiger partial charge on any atom is 0.255 e. The predicted octanol–water partition coefficient (Wildman–Crippen LogP) is 1.75. The number of aromatic nitrogens is 3. The fourth-order valence-electron chi connectivity index (χ4n) is 3.16. The summed E-state index contributed by atoms with van der Waals surface area (Å²) >= 11 is 0. The van der Waals surface area contributed by atoms with Crippen LogP contribution in [0.2, 0.25) is 0 Å². The number of H-pyrrole nitrogens is 1. The molecule has 1 aromatic carbocycles. The average molecular weight is 351 g/mol. The Morgan fingerprint density at radius 2 is 2.00 bits per heavy atom. The number of anilines is 1. The first kappa shape index (κ1) is 16.5. The van der Waals surface area contributed by atoms with E-state index in [9.17, 15) is 4.79 Å². The molecule has 7 nitrogen and oxygen atoms in total. The molecular formula is C19H21N5O2. The van der Waals surface area contributed by atoms with Gasteiger partial charge in [0.15, 0.2) is 5.76 Å². The van der Waals surface area contributed by atoms with Gasteiger partial charge in [0.05, 0.1) is 12.2 Å². The van der Waals surface area contributed by atoms with Crippen molar-refractivity contribution in [1.29, 1.82) is 0 Å². The molecule has 134 valence electrons. The van der Waals surface area contributed by atoms with E-state index in [1.807, 2.05) is 48.3 Å².